The van der Waals surface area contributed by atoms with Gasteiger partial charge in [0.25, 0.3) is 11.8 Å². The van der Waals surface area contributed by atoms with Gasteiger partial charge in [-0.15, -0.1) is 0 Å². The van der Waals surface area contributed by atoms with Crippen molar-refractivity contribution in [3.05, 3.63) is 82.9 Å². The zero-order chi connectivity index (χ0) is 42.5. The minimum absolute atomic E-state index is 0.0330. The minimum atomic E-state index is -0.750. The number of carbonyl (C=O) groups is 4. The molecule has 1 unspecified atom stereocenters. The van der Waals surface area contributed by atoms with Gasteiger partial charge in [0.05, 0.1) is 43.4 Å². The molecule has 322 valence electrons. The van der Waals surface area contributed by atoms with Gasteiger partial charge in [0, 0.05) is 44.0 Å². The van der Waals surface area contributed by atoms with E-state index in [0.717, 1.165) is 75.9 Å². The van der Waals surface area contributed by atoms with Gasteiger partial charge in [0.2, 0.25) is 11.8 Å². The van der Waals surface area contributed by atoms with Gasteiger partial charge in [-0.1, -0.05) is 18.2 Å². The van der Waals surface area contributed by atoms with Crippen LogP contribution in [0.3, 0.4) is 0 Å². The molecule has 3 aromatic carbocycles. The summed E-state index contributed by atoms with van der Waals surface area (Å²) in [6.07, 6.45) is 7.88. The fourth-order valence-electron chi connectivity index (χ4n) is 10.1. The number of rotatable bonds is 14. The average molecular weight is 830 g/mol. The second-order valence-corrected chi connectivity index (χ2v) is 17.5. The number of imide groups is 2. The fraction of sp³-hybridized carbons (Fsp3) is 0.521. The van der Waals surface area contributed by atoms with Gasteiger partial charge in [-0.3, -0.25) is 29.4 Å². The van der Waals surface area contributed by atoms with E-state index in [4.69, 9.17) is 9.47 Å². The SMILES string of the molecule is CCOc1cc([C@@H](CC#N)N2C(=O)c3ccc(N4CCC(CN5CCC(CN6CCC(c7ccc(NC8CCC(=O)NC8=O)cc7)CC6)CC5)CC4)cc3C2=O)ccc1OC. The maximum absolute atomic E-state index is 13.9. The molecule has 5 aliphatic rings. The van der Waals surface area contributed by atoms with Gasteiger partial charge in [0.1, 0.15) is 6.04 Å². The number of benzene rings is 3. The molecule has 0 saturated carbocycles. The molecule has 61 heavy (non-hydrogen) atoms. The molecule has 13 nitrogen and oxygen atoms in total. The van der Waals surface area contributed by atoms with E-state index in [1.165, 1.54) is 42.7 Å². The molecule has 5 heterocycles. The Morgan fingerprint density at radius 3 is 2.07 bits per heavy atom. The first-order chi connectivity index (χ1) is 29.7. The Labute approximate surface area is 359 Å². The highest BCUT2D eigenvalue weighted by Crippen LogP contribution is 2.39. The number of carbonyl (C=O) groups excluding carboxylic acids is 4. The highest BCUT2D eigenvalue weighted by atomic mass is 16.5. The first-order valence-corrected chi connectivity index (χ1v) is 22.3. The van der Waals surface area contributed by atoms with Crippen molar-refractivity contribution in [1.29, 1.82) is 5.26 Å². The number of hydrogen-bond acceptors (Lipinski definition) is 11. The van der Waals surface area contributed by atoms with Crippen molar-refractivity contribution in [3.8, 4) is 17.6 Å². The lowest BCUT2D eigenvalue weighted by atomic mass is 9.88. The maximum Gasteiger partial charge on any atom is 0.262 e. The average Bonchev–Trinajstić information content (AvgIpc) is 3.53. The van der Waals surface area contributed by atoms with Crippen molar-refractivity contribution in [1.82, 2.24) is 20.0 Å². The number of nitrogens with one attached hydrogen (secondary N) is 2. The number of likely N-dealkylation sites (tertiary alicyclic amines) is 2. The van der Waals surface area contributed by atoms with Crippen molar-refractivity contribution < 1.29 is 28.7 Å². The van der Waals surface area contributed by atoms with E-state index < -0.39 is 6.04 Å². The fourth-order valence-corrected chi connectivity index (χ4v) is 10.1. The molecule has 0 spiro atoms. The van der Waals surface area contributed by atoms with Crippen LogP contribution in [0.25, 0.3) is 0 Å². The number of piperidine rings is 4. The van der Waals surface area contributed by atoms with Crippen LogP contribution in [0.15, 0.2) is 60.7 Å². The largest absolute Gasteiger partial charge is 0.493 e. The van der Waals surface area contributed by atoms with E-state index in [0.29, 0.717) is 59.5 Å². The van der Waals surface area contributed by atoms with Gasteiger partial charge in [-0.2, -0.15) is 5.26 Å². The number of nitrogens with zero attached hydrogens (tertiary/aromatic N) is 5. The van der Waals surface area contributed by atoms with E-state index in [1.54, 1.807) is 31.4 Å². The van der Waals surface area contributed by atoms with Crippen LogP contribution in [0.5, 0.6) is 11.5 Å². The molecule has 0 bridgehead atoms. The van der Waals surface area contributed by atoms with Crippen LogP contribution >= 0.6 is 0 Å². The van der Waals surface area contributed by atoms with E-state index >= 15 is 0 Å². The summed E-state index contributed by atoms with van der Waals surface area (Å²) >= 11 is 0. The van der Waals surface area contributed by atoms with Gasteiger partial charge < -0.3 is 29.5 Å². The zero-order valence-electron chi connectivity index (χ0n) is 35.6. The van der Waals surface area contributed by atoms with Gasteiger partial charge in [-0.05, 0) is 149 Å². The third-order valence-electron chi connectivity index (χ3n) is 13.6. The third-order valence-corrected chi connectivity index (χ3v) is 13.6. The van der Waals surface area contributed by atoms with Crippen molar-refractivity contribution in [2.24, 2.45) is 11.8 Å². The second kappa shape index (κ2) is 19.1. The number of fused-ring (bicyclic) bond motifs is 1. The lowest BCUT2D eigenvalue weighted by Gasteiger charge is -2.40. The number of nitriles is 1. The minimum Gasteiger partial charge on any atom is -0.493 e. The maximum atomic E-state index is 13.9. The lowest BCUT2D eigenvalue weighted by Crippen LogP contribution is -2.47. The summed E-state index contributed by atoms with van der Waals surface area (Å²) < 4.78 is 11.2. The Morgan fingerprint density at radius 2 is 1.43 bits per heavy atom. The van der Waals surface area contributed by atoms with Crippen molar-refractivity contribution in [2.45, 2.75) is 82.7 Å². The number of amides is 4. The number of methoxy groups -OCH3 is 1. The molecule has 0 aliphatic carbocycles. The molecule has 8 rings (SSSR count). The van der Waals surface area contributed by atoms with Crippen molar-refractivity contribution in [3.63, 3.8) is 0 Å². The van der Waals surface area contributed by atoms with Gasteiger partial charge >= 0.3 is 0 Å². The molecule has 4 saturated heterocycles. The summed E-state index contributed by atoms with van der Waals surface area (Å²) in [5, 5.41) is 15.4. The smallest absolute Gasteiger partial charge is 0.262 e. The Balaban J connectivity index is 0.766. The Kier molecular flexibility index (Phi) is 13.2. The summed E-state index contributed by atoms with van der Waals surface area (Å²) in [7, 11) is 1.56. The second-order valence-electron chi connectivity index (χ2n) is 17.5. The van der Waals surface area contributed by atoms with Crippen LogP contribution in [0.1, 0.15) is 109 Å². The Bertz CT molecular complexity index is 2110. The molecule has 5 aliphatic heterocycles. The molecule has 0 radical (unpaired) electrons. The molecule has 0 aromatic heterocycles. The van der Waals surface area contributed by atoms with Crippen molar-refractivity contribution >= 4 is 35.0 Å². The lowest BCUT2D eigenvalue weighted by molar-refractivity contribution is -0.133. The predicted octanol–water partition coefficient (Wildman–Crippen LogP) is 6.37. The summed E-state index contributed by atoms with van der Waals surface area (Å²) in [4.78, 5) is 60.1. The monoisotopic (exact) mass is 829 g/mol. The zero-order valence-corrected chi connectivity index (χ0v) is 35.6. The topological polar surface area (TPSA) is 148 Å². The van der Waals surface area contributed by atoms with Crippen molar-refractivity contribution in [2.75, 3.05) is 76.3 Å². The van der Waals surface area contributed by atoms with E-state index in [9.17, 15) is 24.4 Å². The normalized spacial score (nSPS) is 21.6. The summed E-state index contributed by atoms with van der Waals surface area (Å²) in [5.41, 5.74) is 4.66. The molecule has 4 fully saturated rings. The Hall–Kier alpha value is -5.45. The van der Waals surface area contributed by atoms with Crippen LogP contribution in [0, 0.1) is 23.2 Å². The van der Waals surface area contributed by atoms with Gasteiger partial charge in [0.15, 0.2) is 11.5 Å². The van der Waals surface area contributed by atoms with E-state index in [2.05, 4.69) is 55.7 Å². The van der Waals surface area contributed by atoms with E-state index in [1.807, 2.05) is 19.1 Å². The number of anilines is 2. The molecular weight excluding hydrogens is 771 g/mol. The summed E-state index contributed by atoms with van der Waals surface area (Å²) in [6, 6.07) is 20.5. The van der Waals surface area contributed by atoms with Crippen LogP contribution in [0.2, 0.25) is 0 Å². The van der Waals surface area contributed by atoms with Gasteiger partial charge in [-0.25, -0.2) is 0 Å². The third kappa shape index (κ3) is 9.56. The molecule has 13 heteroatoms. The summed E-state index contributed by atoms with van der Waals surface area (Å²) in [6.45, 7) is 11.0. The van der Waals surface area contributed by atoms with Crippen LogP contribution in [-0.4, -0.2) is 110 Å². The number of ether oxygens (including phenoxy) is 2. The molecule has 2 N–H and O–H groups in total. The number of hydrogen-bond donors (Lipinski definition) is 2. The van der Waals surface area contributed by atoms with Crippen LogP contribution in [0.4, 0.5) is 11.4 Å². The predicted molar refractivity (Wildman–Crippen MR) is 233 cm³/mol. The van der Waals surface area contributed by atoms with Crippen LogP contribution < -0.4 is 25.0 Å². The molecule has 4 amide bonds. The Morgan fingerprint density at radius 1 is 0.770 bits per heavy atom. The molecular formula is C48H59N7O6. The first-order valence-electron chi connectivity index (χ1n) is 22.3. The highest BCUT2D eigenvalue weighted by molar-refractivity contribution is 6.22. The molecule has 3 aromatic rings. The quantitative estimate of drug-likeness (QED) is 0.175. The summed E-state index contributed by atoms with van der Waals surface area (Å²) in [5.74, 6) is 1.80. The molecule has 2 atom stereocenters. The first kappa shape index (κ1) is 42.2. The van der Waals surface area contributed by atoms with E-state index in [-0.39, 0.29) is 36.1 Å². The standard InChI is InChI=1S/C48H59N7O6/c1-3-61-44-28-36(6-12-43(44)60-2)42(14-21-49)55-47(58)39-10-9-38(29-40(39)48(55)59)54-26-17-33(18-27-54)31-52-22-15-32(16-23-52)30-53-24-19-35(20-25-53)34-4-7-37(8-5-34)50-41-11-13-45(56)51-46(41)57/h4-10,12,28-29,32-33,35,41-42,50H,3,11,13-20,22-27,30-31H2,1-2H3,(H,51,56,57)/t41?,42-/m1/s1. The highest BCUT2D eigenvalue weighted by Gasteiger charge is 2.41. The van der Waals surface area contributed by atoms with Crippen LogP contribution in [-0.2, 0) is 9.59 Å².